The maximum Gasteiger partial charge on any atom is 0.259 e. The molecule has 0 unspecified atom stereocenters. The number of hydrogen-bond donors (Lipinski definition) is 1. The molecule has 0 bridgehead atoms. The van der Waals surface area contributed by atoms with Crippen LogP contribution in [0.5, 0.6) is 5.75 Å². The zero-order chi connectivity index (χ0) is 23.2. The van der Waals surface area contributed by atoms with Crippen molar-refractivity contribution in [1.82, 2.24) is 10.1 Å². The highest BCUT2D eigenvalue weighted by Gasteiger charge is 2.24. The summed E-state index contributed by atoms with van der Waals surface area (Å²) < 4.78 is 40.8. The van der Waals surface area contributed by atoms with Gasteiger partial charge in [-0.15, -0.1) is 0 Å². The molecule has 32 heavy (non-hydrogen) atoms. The molecule has 0 amide bonds. The number of benzene rings is 1. The molecule has 0 saturated heterocycles. The summed E-state index contributed by atoms with van der Waals surface area (Å²) in [5, 5.41) is 8.76. The van der Waals surface area contributed by atoms with Gasteiger partial charge in [-0.05, 0) is 50.6 Å². The molecular weight excluding hydrogens is 458 g/mol. The topological polar surface area (TPSA) is 139 Å². The molecule has 3 heterocycles. The number of sulfonamides is 1. The van der Waals surface area contributed by atoms with Gasteiger partial charge in [-0.25, -0.2) is 18.5 Å². The van der Waals surface area contributed by atoms with Crippen LogP contribution in [0.3, 0.4) is 0 Å². The van der Waals surface area contributed by atoms with Crippen molar-refractivity contribution in [3.63, 3.8) is 0 Å². The van der Waals surface area contributed by atoms with Gasteiger partial charge in [-0.2, -0.15) is 0 Å². The first-order valence-corrected chi connectivity index (χ1v) is 11.3. The van der Waals surface area contributed by atoms with E-state index in [1.165, 1.54) is 24.6 Å². The van der Waals surface area contributed by atoms with Crippen LogP contribution >= 0.6 is 11.6 Å². The fourth-order valence-corrected chi connectivity index (χ4v) is 4.23. The van der Waals surface area contributed by atoms with Crippen LogP contribution < -0.4 is 15.3 Å². The highest BCUT2D eigenvalue weighted by atomic mass is 35.5. The van der Waals surface area contributed by atoms with E-state index in [1.807, 2.05) is 6.92 Å². The molecule has 3 aromatic heterocycles. The highest BCUT2D eigenvalue weighted by molar-refractivity contribution is 7.89. The van der Waals surface area contributed by atoms with Gasteiger partial charge >= 0.3 is 0 Å². The van der Waals surface area contributed by atoms with Gasteiger partial charge in [0.2, 0.25) is 5.03 Å². The average Bonchev–Trinajstić information content (AvgIpc) is 3.25. The lowest BCUT2D eigenvalue weighted by molar-refractivity contribution is 0.219. The average molecular weight is 476 g/mol. The number of halogens is 1. The number of aryl methyl sites for hydroxylation is 1. The number of nitrogens with zero attached hydrogens (tertiary/aromatic N) is 2. The minimum atomic E-state index is -4.19. The molecule has 0 aliphatic rings. The van der Waals surface area contributed by atoms with Gasteiger partial charge in [0.15, 0.2) is 11.2 Å². The van der Waals surface area contributed by atoms with E-state index in [4.69, 9.17) is 30.4 Å². The Morgan fingerprint density at radius 3 is 2.62 bits per heavy atom. The van der Waals surface area contributed by atoms with E-state index in [9.17, 15) is 13.2 Å². The van der Waals surface area contributed by atoms with Crippen LogP contribution in [0.15, 0.2) is 55.5 Å². The van der Waals surface area contributed by atoms with Crippen LogP contribution in [0.4, 0.5) is 0 Å². The molecule has 166 valence electrons. The van der Waals surface area contributed by atoms with Gasteiger partial charge in [0.25, 0.3) is 10.0 Å². The van der Waals surface area contributed by atoms with Crippen LogP contribution in [-0.2, 0) is 10.0 Å². The van der Waals surface area contributed by atoms with Crippen molar-refractivity contribution in [3.8, 4) is 17.1 Å². The third-order valence-corrected chi connectivity index (χ3v) is 5.93. The summed E-state index contributed by atoms with van der Waals surface area (Å²) in [6, 6.07) is 6.27. The summed E-state index contributed by atoms with van der Waals surface area (Å²) in [7, 11) is -4.19. The molecule has 11 heteroatoms. The monoisotopic (exact) mass is 475 g/mol. The molecule has 0 saturated carbocycles. The summed E-state index contributed by atoms with van der Waals surface area (Å²) >= 11 is 5.82. The zero-order valence-corrected chi connectivity index (χ0v) is 18.8. The summed E-state index contributed by atoms with van der Waals surface area (Å²) in [4.78, 5) is 16.9. The Labute approximate surface area is 187 Å². The lowest BCUT2D eigenvalue weighted by atomic mass is 10.0. The van der Waals surface area contributed by atoms with Gasteiger partial charge in [0.05, 0.1) is 17.1 Å². The Balaban J connectivity index is 1.89. The van der Waals surface area contributed by atoms with Crippen molar-refractivity contribution >= 4 is 32.6 Å². The van der Waals surface area contributed by atoms with Crippen LogP contribution in [0, 0.1) is 13.8 Å². The second-order valence-corrected chi connectivity index (χ2v) is 9.14. The fourth-order valence-electron chi connectivity index (χ4n) is 3.41. The third-order valence-electron chi connectivity index (χ3n) is 4.89. The van der Waals surface area contributed by atoms with Crippen LogP contribution in [0.1, 0.15) is 29.7 Å². The molecule has 0 spiro atoms. The van der Waals surface area contributed by atoms with E-state index in [0.29, 0.717) is 33.4 Å². The smallest absolute Gasteiger partial charge is 0.259 e. The van der Waals surface area contributed by atoms with E-state index in [-0.39, 0.29) is 16.3 Å². The van der Waals surface area contributed by atoms with Crippen LogP contribution in [-0.4, -0.2) is 18.6 Å². The Morgan fingerprint density at radius 1 is 1.22 bits per heavy atom. The number of fused-ring (bicyclic) bond motifs is 1. The first-order valence-electron chi connectivity index (χ1n) is 9.40. The van der Waals surface area contributed by atoms with Gasteiger partial charge in [-0.3, -0.25) is 4.79 Å². The summed E-state index contributed by atoms with van der Waals surface area (Å²) in [6.45, 7) is 5.18. The molecule has 0 radical (unpaired) electrons. The van der Waals surface area contributed by atoms with Crippen molar-refractivity contribution in [1.29, 1.82) is 0 Å². The first-order chi connectivity index (χ1) is 15.1. The van der Waals surface area contributed by atoms with E-state index in [1.54, 1.807) is 26.0 Å². The number of pyridine rings is 1. The molecule has 9 nitrogen and oxygen atoms in total. The Bertz CT molecular complexity index is 1500. The lowest BCUT2D eigenvalue weighted by Gasteiger charge is -2.19. The molecule has 1 aromatic carbocycles. The normalized spacial score (nSPS) is 12.8. The molecule has 2 N–H and O–H groups in total. The van der Waals surface area contributed by atoms with Crippen molar-refractivity contribution in [2.24, 2.45) is 5.14 Å². The first kappa shape index (κ1) is 22.0. The second-order valence-electron chi connectivity index (χ2n) is 7.27. The standard InChI is InChI=1S/C21H18ClN3O6S/c1-10-6-14(12(3)30-16-4-5-17(22)25-21(16)32(23,27)28)20-15(7-10)18(26)11(2)19(31-20)13-8-24-29-9-13/h4-9,12H,1-3H3,(H2,23,27,28)/t12-/m1/s1. The Hall–Kier alpha value is -3.21. The summed E-state index contributed by atoms with van der Waals surface area (Å²) in [6.07, 6.45) is 2.09. The van der Waals surface area contributed by atoms with Crippen molar-refractivity contribution in [3.05, 3.63) is 68.8 Å². The minimum Gasteiger partial charge on any atom is -0.483 e. The number of aromatic nitrogens is 2. The van der Waals surface area contributed by atoms with E-state index < -0.39 is 21.2 Å². The van der Waals surface area contributed by atoms with E-state index in [2.05, 4.69) is 10.1 Å². The molecule has 4 aromatic rings. The van der Waals surface area contributed by atoms with Crippen LogP contribution in [0.2, 0.25) is 5.15 Å². The molecule has 4 rings (SSSR count). The van der Waals surface area contributed by atoms with Crippen molar-refractivity contribution < 1.29 is 22.1 Å². The molecule has 0 aliphatic carbocycles. The van der Waals surface area contributed by atoms with E-state index >= 15 is 0 Å². The SMILES string of the molecule is Cc1cc([C@@H](C)Oc2ccc(Cl)nc2S(N)(=O)=O)c2oc(-c3cnoc3)c(C)c(=O)c2c1. The molecule has 1 atom stereocenters. The number of primary sulfonamides is 1. The predicted molar refractivity (Wildman–Crippen MR) is 117 cm³/mol. The maximum atomic E-state index is 13.1. The quantitative estimate of drug-likeness (QED) is 0.429. The fraction of sp³-hybridized carbons (Fsp3) is 0.190. The Kier molecular flexibility index (Phi) is 5.53. The molecule has 0 fully saturated rings. The number of hydrogen-bond acceptors (Lipinski definition) is 8. The van der Waals surface area contributed by atoms with Gasteiger partial charge < -0.3 is 13.7 Å². The number of rotatable bonds is 5. The maximum absolute atomic E-state index is 13.1. The summed E-state index contributed by atoms with van der Waals surface area (Å²) in [5.41, 5.74) is 2.34. The van der Waals surface area contributed by atoms with Crippen molar-refractivity contribution in [2.75, 3.05) is 0 Å². The highest BCUT2D eigenvalue weighted by Crippen LogP contribution is 2.34. The second kappa shape index (κ2) is 8.05. The van der Waals surface area contributed by atoms with Crippen LogP contribution in [0.25, 0.3) is 22.3 Å². The number of nitrogens with two attached hydrogens (primary N) is 1. The lowest BCUT2D eigenvalue weighted by Crippen LogP contribution is -2.17. The van der Waals surface area contributed by atoms with E-state index in [0.717, 1.165) is 5.56 Å². The third kappa shape index (κ3) is 3.99. The predicted octanol–water partition coefficient (Wildman–Crippen LogP) is 3.90. The molecular formula is C21H18ClN3O6S. The number of ether oxygens (including phenoxy) is 1. The zero-order valence-electron chi connectivity index (χ0n) is 17.2. The van der Waals surface area contributed by atoms with Gasteiger partial charge in [0.1, 0.15) is 28.9 Å². The Morgan fingerprint density at radius 2 is 1.97 bits per heavy atom. The van der Waals surface area contributed by atoms with Gasteiger partial charge in [-0.1, -0.05) is 16.8 Å². The minimum absolute atomic E-state index is 0.0464. The largest absolute Gasteiger partial charge is 0.483 e. The van der Waals surface area contributed by atoms with Crippen molar-refractivity contribution in [2.45, 2.75) is 31.9 Å². The molecule has 0 aliphatic heterocycles. The summed E-state index contributed by atoms with van der Waals surface area (Å²) in [5.74, 6) is 0.243. The van der Waals surface area contributed by atoms with Gasteiger partial charge in [0, 0.05) is 11.1 Å².